The zero-order chi connectivity index (χ0) is 11.7. The van der Waals surface area contributed by atoms with Crippen molar-refractivity contribution in [2.75, 3.05) is 0 Å². The molecule has 0 saturated heterocycles. The van der Waals surface area contributed by atoms with Crippen LogP contribution in [-0.4, -0.2) is 5.16 Å². The molecule has 2 aromatic heterocycles. The molecule has 0 aliphatic heterocycles. The third-order valence-electron chi connectivity index (χ3n) is 2.41. The lowest BCUT2D eigenvalue weighted by Crippen LogP contribution is -1.71. The van der Waals surface area contributed by atoms with Gasteiger partial charge in [0.15, 0.2) is 5.76 Å². The third-order valence-corrected chi connectivity index (χ3v) is 3.56. The maximum Gasteiger partial charge on any atom is 0.167 e. The zero-order valence-electron chi connectivity index (χ0n) is 8.76. The van der Waals surface area contributed by atoms with Crippen LogP contribution in [0.25, 0.3) is 21.9 Å². The molecule has 0 saturated carbocycles. The van der Waals surface area contributed by atoms with Crippen molar-refractivity contribution in [2.45, 2.75) is 0 Å². The Balaban J connectivity index is 1.98. The van der Waals surface area contributed by atoms with Crippen molar-refractivity contribution in [3.63, 3.8) is 0 Å². The van der Waals surface area contributed by atoms with Gasteiger partial charge in [-0.3, -0.25) is 0 Å². The molecule has 0 spiro atoms. The fraction of sp³-hybridized carbons (Fsp3) is 0. The molecule has 4 heteroatoms. The number of hydrogen-bond acceptors (Lipinski definition) is 3. The van der Waals surface area contributed by atoms with Crippen molar-refractivity contribution in [1.29, 1.82) is 0 Å². The van der Waals surface area contributed by atoms with Crippen molar-refractivity contribution >= 4 is 22.9 Å². The summed E-state index contributed by atoms with van der Waals surface area (Å²) in [6, 6.07) is 13.5. The fourth-order valence-corrected chi connectivity index (χ4v) is 2.37. The first kappa shape index (κ1) is 10.6. The van der Waals surface area contributed by atoms with Gasteiger partial charge in [-0.2, -0.15) is 0 Å². The average molecular weight is 262 g/mol. The Kier molecular flexibility index (Phi) is 2.71. The van der Waals surface area contributed by atoms with E-state index in [1.807, 2.05) is 47.8 Å². The third kappa shape index (κ3) is 2.12. The predicted molar refractivity (Wildman–Crippen MR) is 70.3 cm³/mol. The van der Waals surface area contributed by atoms with Crippen LogP contribution in [-0.2, 0) is 0 Å². The summed E-state index contributed by atoms with van der Waals surface area (Å²) >= 11 is 7.48. The molecule has 2 heterocycles. The molecule has 0 radical (unpaired) electrons. The Bertz CT molecular complexity index is 613. The topological polar surface area (TPSA) is 26.0 Å². The number of benzene rings is 1. The second-order valence-electron chi connectivity index (χ2n) is 3.56. The Hall–Kier alpha value is -1.58. The Morgan fingerprint density at radius 1 is 1.12 bits per heavy atom. The lowest BCUT2D eigenvalue weighted by Gasteiger charge is -1.93. The van der Waals surface area contributed by atoms with Gasteiger partial charge in [0, 0.05) is 16.7 Å². The van der Waals surface area contributed by atoms with E-state index in [1.165, 1.54) is 0 Å². The van der Waals surface area contributed by atoms with E-state index >= 15 is 0 Å². The zero-order valence-corrected chi connectivity index (χ0v) is 10.3. The maximum absolute atomic E-state index is 5.84. The van der Waals surface area contributed by atoms with E-state index in [9.17, 15) is 0 Å². The van der Waals surface area contributed by atoms with E-state index in [0.717, 1.165) is 21.9 Å². The van der Waals surface area contributed by atoms with Crippen LogP contribution in [0.15, 0.2) is 52.4 Å². The molecule has 0 aliphatic carbocycles. The molecule has 3 rings (SSSR count). The first-order chi connectivity index (χ1) is 8.33. The molecular formula is C13H8ClNOS. The molecule has 1 aromatic carbocycles. The second kappa shape index (κ2) is 4.35. The molecule has 0 atom stereocenters. The SMILES string of the molecule is Clc1ccc(-c2cc(-c3cccs3)no2)cc1. The lowest BCUT2D eigenvalue weighted by atomic mass is 10.1. The first-order valence-electron chi connectivity index (χ1n) is 5.09. The van der Waals surface area contributed by atoms with Gasteiger partial charge < -0.3 is 4.52 Å². The minimum absolute atomic E-state index is 0.715. The summed E-state index contributed by atoms with van der Waals surface area (Å²) in [5.41, 5.74) is 1.84. The number of rotatable bonds is 2. The average Bonchev–Trinajstić information content (AvgIpc) is 3.00. The highest BCUT2D eigenvalue weighted by Gasteiger charge is 2.08. The summed E-state index contributed by atoms with van der Waals surface area (Å²) in [5, 5.41) is 6.79. The number of aromatic nitrogens is 1. The molecule has 0 aliphatic rings. The van der Waals surface area contributed by atoms with Gasteiger partial charge >= 0.3 is 0 Å². The van der Waals surface area contributed by atoms with Gasteiger partial charge in [-0.05, 0) is 35.7 Å². The van der Waals surface area contributed by atoms with Crippen LogP contribution in [0.1, 0.15) is 0 Å². The van der Waals surface area contributed by atoms with Gasteiger partial charge in [0.25, 0.3) is 0 Å². The Morgan fingerprint density at radius 3 is 2.65 bits per heavy atom. The van der Waals surface area contributed by atoms with Crippen LogP contribution < -0.4 is 0 Å². The van der Waals surface area contributed by atoms with Gasteiger partial charge in [-0.15, -0.1) is 11.3 Å². The molecule has 0 fully saturated rings. The van der Waals surface area contributed by atoms with Gasteiger partial charge in [0.1, 0.15) is 5.69 Å². The quantitative estimate of drug-likeness (QED) is 0.667. The highest BCUT2D eigenvalue weighted by Crippen LogP contribution is 2.29. The number of halogens is 1. The molecule has 0 N–H and O–H groups in total. The second-order valence-corrected chi connectivity index (χ2v) is 4.94. The molecule has 2 nitrogen and oxygen atoms in total. The van der Waals surface area contributed by atoms with Crippen LogP contribution in [0.3, 0.4) is 0 Å². The highest BCUT2D eigenvalue weighted by molar-refractivity contribution is 7.13. The highest BCUT2D eigenvalue weighted by atomic mass is 35.5. The van der Waals surface area contributed by atoms with E-state index in [-0.39, 0.29) is 0 Å². The van der Waals surface area contributed by atoms with Crippen molar-refractivity contribution in [3.05, 3.63) is 52.9 Å². The van der Waals surface area contributed by atoms with Gasteiger partial charge in [-0.25, -0.2) is 0 Å². The van der Waals surface area contributed by atoms with Gasteiger partial charge in [0.05, 0.1) is 4.88 Å². The predicted octanol–water partition coefficient (Wildman–Crippen LogP) is 4.72. The van der Waals surface area contributed by atoms with Crippen molar-refractivity contribution in [1.82, 2.24) is 5.16 Å². The van der Waals surface area contributed by atoms with E-state index in [0.29, 0.717) is 5.02 Å². The number of hydrogen-bond donors (Lipinski definition) is 0. The molecule has 0 amide bonds. The monoisotopic (exact) mass is 261 g/mol. The molecule has 0 bridgehead atoms. The number of nitrogens with zero attached hydrogens (tertiary/aromatic N) is 1. The molecule has 17 heavy (non-hydrogen) atoms. The summed E-state index contributed by atoms with van der Waals surface area (Å²) in [4.78, 5) is 1.11. The van der Waals surface area contributed by atoms with Crippen LogP contribution in [0.4, 0.5) is 0 Å². The summed E-state index contributed by atoms with van der Waals surface area (Å²) in [6.45, 7) is 0. The molecule has 0 unspecified atom stereocenters. The minimum Gasteiger partial charge on any atom is -0.356 e. The van der Waals surface area contributed by atoms with Crippen molar-refractivity contribution < 1.29 is 4.52 Å². The van der Waals surface area contributed by atoms with Crippen LogP contribution in [0, 0.1) is 0 Å². The van der Waals surface area contributed by atoms with Crippen LogP contribution in [0.5, 0.6) is 0 Å². The van der Waals surface area contributed by atoms with E-state index in [2.05, 4.69) is 5.16 Å². The Labute approximate surface area is 107 Å². The van der Waals surface area contributed by atoms with E-state index in [1.54, 1.807) is 11.3 Å². The Morgan fingerprint density at radius 2 is 1.94 bits per heavy atom. The summed E-state index contributed by atoms with van der Waals surface area (Å²) in [7, 11) is 0. The van der Waals surface area contributed by atoms with Crippen molar-refractivity contribution in [3.8, 4) is 21.9 Å². The van der Waals surface area contributed by atoms with Gasteiger partial charge in [0.2, 0.25) is 0 Å². The lowest BCUT2D eigenvalue weighted by molar-refractivity contribution is 0.435. The summed E-state index contributed by atoms with van der Waals surface area (Å²) in [6.07, 6.45) is 0. The van der Waals surface area contributed by atoms with Crippen LogP contribution >= 0.6 is 22.9 Å². The normalized spacial score (nSPS) is 10.6. The van der Waals surface area contributed by atoms with Gasteiger partial charge in [-0.1, -0.05) is 22.8 Å². The maximum atomic E-state index is 5.84. The summed E-state index contributed by atoms with van der Waals surface area (Å²) < 4.78 is 5.33. The fourth-order valence-electron chi connectivity index (χ4n) is 1.57. The first-order valence-corrected chi connectivity index (χ1v) is 6.35. The molecule has 84 valence electrons. The van der Waals surface area contributed by atoms with E-state index < -0.39 is 0 Å². The largest absolute Gasteiger partial charge is 0.356 e. The smallest absolute Gasteiger partial charge is 0.167 e. The standard InChI is InChI=1S/C13H8ClNOS/c14-10-5-3-9(4-6-10)12-8-11(15-16-12)13-2-1-7-17-13/h1-8H. The summed E-state index contributed by atoms with van der Waals surface area (Å²) in [5.74, 6) is 0.755. The molecular weight excluding hydrogens is 254 g/mol. The number of thiophene rings is 1. The van der Waals surface area contributed by atoms with Crippen molar-refractivity contribution in [2.24, 2.45) is 0 Å². The minimum atomic E-state index is 0.715. The van der Waals surface area contributed by atoms with E-state index in [4.69, 9.17) is 16.1 Å². The van der Waals surface area contributed by atoms with Crippen LogP contribution in [0.2, 0.25) is 5.02 Å². The molecule has 3 aromatic rings.